The summed E-state index contributed by atoms with van der Waals surface area (Å²) in [7, 11) is 0. The number of ether oxygens (including phenoxy) is 1. The number of aryl methyl sites for hydroxylation is 3. The van der Waals surface area contributed by atoms with E-state index in [2.05, 4.69) is 4.74 Å². The first kappa shape index (κ1) is 15.4. The van der Waals surface area contributed by atoms with Crippen LogP contribution in [0.1, 0.15) is 33.9 Å². The van der Waals surface area contributed by atoms with Crippen molar-refractivity contribution in [3.63, 3.8) is 0 Å². The smallest absolute Gasteiger partial charge is 0.387 e. The fourth-order valence-electron chi connectivity index (χ4n) is 2.65. The minimum absolute atomic E-state index is 0.0453. The summed E-state index contributed by atoms with van der Waals surface area (Å²) >= 11 is 0. The molecule has 0 aliphatic carbocycles. The van der Waals surface area contributed by atoms with Crippen molar-refractivity contribution in [3.05, 3.63) is 64.2 Å². The van der Waals surface area contributed by atoms with Crippen LogP contribution in [0.25, 0.3) is 0 Å². The van der Waals surface area contributed by atoms with E-state index in [-0.39, 0.29) is 5.75 Å². The Morgan fingerprint density at radius 3 is 2.19 bits per heavy atom. The Hall–Kier alpha value is -1.94. The maximum atomic E-state index is 12.3. The Kier molecular flexibility index (Phi) is 4.58. The van der Waals surface area contributed by atoms with Crippen LogP contribution in [-0.2, 0) is 0 Å². The van der Waals surface area contributed by atoms with Gasteiger partial charge in [0.05, 0.1) is 0 Å². The van der Waals surface area contributed by atoms with Crippen molar-refractivity contribution >= 4 is 0 Å². The quantitative estimate of drug-likeness (QED) is 0.910. The molecule has 0 radical (unpaired) electrons. The molecule has 0 saturated carbocycles. The van der Waals surface area contributed by atoms with Crippen molar-refractivity contribution in [2.75, 3.05) is 0 Å². The lowest BCUT2D eigenvalue weighted by molar-refractivity contribution is -0.0499. The van der Waals surface area contributed by atoms with Gasteiger partial charge in [0.15, 0.2) is 0 Å². The molecule has 4 heteroatoms. The molecular formula is C17H18F2O2. The van der Waals surface area contributed by atoms with Crippen LogP contribution in [0.3, 0.4) is 0 Å². The second kappa shape index (κ2) is 6.22. The molecule has 1 N–H and O–H groups in total. The van der Waals surface area contributed by atoms with E-state index < -0.39 is 12.7 Å². The van der Waals surface area contributed by atoms with Gasteiger partial charge in [0.2, 0.25) is 0 Å². The zero-order chi connectivity index (χ0) is 15.6. The second-order valence-corrected chi connectivity index (χ2v) is 5.17. The topological polar surface area (TPSA) is 29.5 Å². The summed E-state index contributed by atoms with van der Waals surface area (Å²) in [6.07, 6.45) is -0.869. The summed E-state index contributed by atoms with van der Waals surface area (Å²) in [6.45, 7) is 2.98. The lowest BCUT2D eigenvalue weighted by Crippen LogP contribution is -2.07. The zero-order valence-electron chi connectivity index (χ0n) is 12.2. The van der Waals surface area contributed by atoms with Crippen LogP contribution < -0.4 is 4.74 Å². The molecule has 2 aromatic carbocycles. The van der Waals surface area contributed by atoms with Gasteiger partial charge in [0, 0.05) is 0 Å². The van der Waals surface area contributed by atoms with Crippen molar-refractivity contribution in [2.45, 2.75) is 33.5 Å². The second-order valence-electron chi connectivity index (χ2n) is 5.17. The molecule has 0 spiro atoms. The maximum Gasteiger partial charge on any atom is 0.387 e. The summed E-state index contributed by atoms with van der Waals surface area (Å²) in [5.74, 6) is 0.0453. The fraction of sp³-hybridized carbons (Fsp3) is 0.294. The molecule has 0 amide bonds. The largest absolute Gasteiger partial charge is 0.435 e. The number of hydrogen-bond donors (Lipinski definition) is 1. The van der Waals surface area contributed by atoms with E-state index in [1.54, 1.807) is 12.1 Å². The van der Waals surface area contributed by atoms with Gasteiger partial charge in [-0.3, -0.25) is 0 Å². The Morgan fingerprint density at radius 1 is 1.00 bits per heavy atom. The van der Waals surface area contributed by atoms with E-state index in [0.29, 0.717) is 5.56 Å². The van der Waals surface area contributed by atoms with Gasteiger partial charge in [-0.15, -0.1) is 0 Å². The number of benzene rings is 2. The van der Waals surface area contributed by atoms with Gasteiger partial charge in [-0.25, -0.2) is 0 Å². The SMILES string of the molecule is Cc1cc(C)c(C(O)c2cccc(OC(F)F)c2)c(C)c1. The van der Waals surface area contributed by atoms with Crippen LogP contribution in [0.5, 0.6) is 5.75 Å². The Morgan fingerprint density at radius 2 is 1.62 bits per heavy atom. The molecular weight excluding hydrogens is 274 g/mol. The van der Waals surface area contributed by atoms with Crippen molar-refractivity contribution in [3.8, 4) is 5.75 Å². The van der Waals surface area contributed by atoms with E-state index in [4.69, 9.17) is 0 Å². The first-order valence-corrected chi connectivity index (χ1v) is 6.69. The number of aliphatic hydroxyl groups is 1. The minimum atomic E-state index is -2.87. The predicted molar refractivity (Wildman–Crippen MR) is 77.8 cm³/mol. The van der Waals surface area contributed by atoms with Gasteiger partial charge in [-0.2, -0.15) is 8.78 Å². The minimum Gasteiger partial charge on any atom is -0.435 e. The Bertz CT molecular complexity index is 615. The standard InChI is InChI=1S/C17H18F2O2/c1-10-7-11(2)15(12(3)8-10)16(20)13-5-4-6-14(9-13)21-17(18)19/h4-9,16-17,20H,1-3H3. The van der Waals surface area contributed by atoms with E-state index in [0.717, 1.165) is 22.3 Å². The average molecular weight is 292 g/mol. The summed E-state index contributed by atoms with van der Waals surface area (Å²) in [5.41, 5.74) is 4.40. The number of rotatable bonds is 4. The molecule has 0 aromatic heterocycles. The van der Waals surface area contributed by atoms with E-state index in [9.17, 15) is 13.9 Å². The zero-order valence-corrected chi connectivity index (χ0v) is 12.2. The molecule has 21 heavy (non-hydrogen) atoms. The Balaban J connectivity index is 2.38. The van der Waals surface area contributed by atoms with Gasteiger partial charge in [-0.1, -0.05) is 29.8 Å². The summed E-state index contributed by atoms with van der Waals surface area (Å²) < 4.78 is 28.9. The van der Waals surface area contributed by atoms with Crippen LogP contribution >= 0.6 is 0 Å². The van der Waals surface area contributed by atoms with Gasteiger partial charge in [0.1, 0.15) is 11.9 Å². The van der Waals surface area contributed by atoms with Crippen LogP contribution in [0.15, 0.2) is 36.4 Å². The first-order chi connectivity index (χ1) is 9.88. The fourth-order valence-corrected chi connectivity index (χ4v) is 2.65. The molecule has 1 unspecified atom stereocenters. The highest BCUT2D eigenvalue weighted by molar-refractivity contribution is 5.44. The third-order valence-electron chi connectivity index (χ3n) is 3.41. The van der Waals surface area contributed by atoms with E-state index in [1.165, 1.54) is 12.1 Å². The highest BCUT2D eigenvalue weighted by Gasteiger charge is 2.17. The molecule has 2 aromatic rings. The van der Waals surface area contributed by atoms with Gasteiger partial charge < -0.3 is 9.84 Å². The van der Waals surface area contributed by atoms with Gasteiger partial charge >= 0.3 is 6.61 Å². The molecule has 0 fully saturated rings. The highest BCUT2D eigenvalue weighted by Crippen LogP contribution is 2.30. The van der Waals surface area contributed by atoms with Gasteiger partial charge in [0.25, 0.3) is 0 Å². The van der Waals surface area contributed by atoms with Crippen LogP contribution in [0.4, 0.5) is 8.78 Å². The average Bonchev–Trinajstić information content (AvgIpc) is 2.36. The molecule has 2 nitrogen and oxygen atoms in total. The van der Waals surface area contributed by atoms with Crippen molar-refractivity contribution < 1.29 is 18.6 Å². The first-order valence-electron chi connectivity index (χ1n) is 6.69. The molecule has 0 saturated heterocycles. The van der Waals surface area contributed by atoms with Crippen LogP contribution in [0.2, 0.25) is 0 Å². The molecule has 0 aliphatic rings. The maximum absolute atomic E-state index is 12.3. The predicted octanol–water partition coefficient (Wildman–Crippen LogP) is 4.29. The third kappa shape index (κ3) is 3.58. The number of aliphatic hydroxyl groups excluding tert-OH is 1. The molecule has 0 bridgehead atoms. The summed E-state index contributed by atoms with van der Waals surface area (Å²) in [4.78, 5) is 0. The van der Waals surface area contributed by atoms with Gasteiger partial charge in [-0.05, 0) is 55.2 Å². The van der Waals surface area contributed by atoms with Crippen molar-refractivity contribution in [2.24, 2.45) is 0 Å². The molecule has 0 aliphatic heterocycles. The van der Waals surface area contributed by atoms with Crippen LogP contribution in [-0.4, -0.2) is 11.7 Å². The monoisotopic (exact) mass is 292 g/mol. The number of alkyl halides is 2. The normalized spacial score (nSPS) is 12.5. The third-order valence-corrected chi connectivity index (χ3v) is 3.41. The highest BCUT2D eigenvalue weighted by atomic mass is 19.3. The number of halogens is 2. The van der Waals surface area contributed by atoms with E-state index >= 15 is 0 Å². The van der Waals surface area contributed by atoms with Crippen molar-refractivity contribution in [1.82, 2.24) is 0 Å². The molecule has 0 heterocycles. The molecule has 2 rings (SSSR count). The lowest BCUT2D eigenvalue weighted by Gasteiger charge is -2.18. The summed E-state index contributed by atoms with van der Waals surface area (Å²) in [6, 6.07) is 10.2. The summed E-state index contributed by atoms with van der Waals surface area (Å²) in [5, 5.41) is 10.6. The van der Waals surface area contributed by atoms with Crippen LogP contribution in [0, 0.1) is 20.8 Å². The molecule has 1 atom stereocenters. The molecule has 112 valence electrons. The lowest BCUT2D eigenvalue weighted by atomic mass is 9.92. The van der Waals surface area contributed by atoms with E-state index in [1.807, 2.05) is 32.9 Å². The number of hydrogen-bond acceptors (Lipinski definition) is 2. The van der Waals surface area contributed by atoms with Crippen molar-refractivity contribution in [1.29, 1.82) is 0 Å². The Labute approximate surface area is 123 Å².